The van der Waals surface area contributed by atoms with Crippen LogP contribution < -0.4 is 27.4 Å². The summed E-state index contributed by atoms with van der Waals surface area (Å²) in [6.07, 6.45) is 0.985. The second-order valence-corrected chi connectivity index (χ2v) is 7.23. The van der Waals surface area contributed by atoms with Crippen LogP contribution >= 0.6 is 0 Å². The van der Waals surface area contributed by atoms with Gasteiger partial charge in [-0.25, -0.2) is 0 Å². The van der Waals surface area contributed by atoms with Crippen molar-refractivity contribution in [1.82, 2.24) is 16.0 Å². The fourth-order valence-corrected chi connectivity index (χ4v) is 2.51. The fourth-order valence-electron chi connectivity index (χ4n) is 2.51. The number of carboxylic acid groups (broad SMARTS) is 2. The lowest BCUT2D eigenvalue weighted by atomic mass is 10.0. The van der Waals surface area contributed by atoms with Crippen molar-refractivity contribution in [2.24, 2.45) is 17.4 Å². The van der Waals surface area contributed by atoms with Gasteiger partial charge in [-0.2, -0.15) is 0 Å². The molecular formula is C18H33N5O7. The van der Waals surface area contributed by atoms with Crippen molar-refractivity contribution in [2.45, 2.75) is 64.1 Å². The molecule has 0 spiro atoms. The number of aliphatic carboxylic acids is 2. The summed E-state index contributed by atoms with van der Waals surface area (Å²) in [7, 11) is 0. The minimum Gasteiger partial charge on any atom is -0.481 e. The first-order chi connectivity index (χ1) is 14.0. The van der Waals surface area contributed by atoms with Crippen molar-refractivity contribution in [3.8, 4) is 0 Å². The van der Waals surface area contributed by atoms with Crippen LogP contribution in [0, 0.1) is 5.92 Å². The molecule has 0 aromatic carbocycles. The number of carboxylic acids is 2. The zero-order valence-corrected chi connectivity index (χ0v) is 17.3. The largest absolute Gasteiger partial charge is 0.481 e. The standard InChI is InChI=1S/C18H33N5O7/c1-10(2)15(18(30)21-9-14(26)27)23-17(29)12(5-3-4-8-19)22-16(28)11(20)6-7-13(24)25/h10-12,15H,3-9,19-20H2,1-2H3,(H,21,30)(H,22,28)(H,23,29)(H,24,25)(H,26,27). The molecule has 9 N–H and O–H groups in total. The predicted molar refractivity (Wildman–Crippen MR) is 107 cm³/mol. The topological polar surface area (TPSA) is 214 Å². The van der Waals surface area contributed by atoms with Crippen LogP contribution in [0.25, 0.3) is 0 Å². The van der Waals surface area contributed by atoms with E-state index < -0.39 is 54.3 Å². The molecule has 3 amide bonds. The molecule has 0 bridgehead atoms. The third-order valence-corrected chi connectivity index (χ3v) is 4.25. The number of unbranched alkanes of at least 4 members (excludes halogenated alkanes) is 1. The smallest absolute Gasteiger partial charge is 0.322 e. The number of amides is 3. The average molecular weight is 431 g/mol. The van der Waals surface area contributed by atoms with E-state index in [1.165, 1.54) is 0 Å². The Morgan fingerprint density at radius 3 is 2.00 bits per heavy atom. The van der Waals surface area contributed by atoms with Crippen molar-refractivity contribution >= 4 is 29.7 Å². The second kappa shape index (κ2) is 14.3. The number of nitrogens with two attached hydrogens (primary N) is 2. The van der Waals surface area contributed by atoms with Gasteiger partial charge in [-0.3, -0.25) is 24.0 Å². The highest BCUT2D eigenvalue weighted by Gasteiger charge is 2.29. The van der Waals surface area contributed by atoms with Crippen molar-refractivity contribution < 1.29 is 34.2 Å². The molecule has 12 heteroatoms. The zero-order chi connectivity index (χ0) is 23.3. The zero-order valence-electron chi connectivity index (χ0n) is 17.3. The molecular weight excluding hydrogens is 398 g/mol. The number of hydrogen-bond donors (Lipinski definition) is 7. The molecule has 3 unspecified atom stereocenters. The van der Waals surface area contributed by atoms with Gasteiger partial charge in [0, 0.05) is 6.42 Å². The number of nitrogens with one attached hydrogen (secondary N) is 3. The van der Waals surface area contributed by atoms with Gasteiger partial charge in [0.15, 0.2) is 0 Å². The SMILES string of the molecule is CC(C)C(NC(=O)C(CCCCN)NC(=O)C(N)CCC(=O)O)C(=O)NCC(=O)O. The quantitative estimate of drug-likeness (QED) is 0.144. The Morgan fingerprint density at radius 2 is 1.50 bits per heavy atom. The average Bonchev–Trinajstić information content (AvgIpc) is 2.66. The molecule has 30 heavy (non-hydrogen) atoms. The molecule has 0 aliphatic heterocycles. The van der Waals surface area contributed by atoms with E-state index in [2.05, 4.69) is 16.0 Å². The van der Waals surface area contributed by atoms with E-state index in [4.69, 9.17) is 21.7 Å². The maximum atomic E-state index is 12.7. The van der Waals surface area contributed by atoms with Crippen LogP contribution in [-0.2, 0) is 24.0 Å². The Bertz CT molecular complexity index is 612. The van der Waals surface area contributed by atoms with Gasteiger partial charge >= 0.3 is 11.9 Å². The van der Waals surface area contributed by atoms with Crippen LogP contribution in [0.5, 0.6) is 0 Å². The van der Waals surface area contributed by atoms with Gasteiger partial charge in [-0.15, -0.1) is 0 Å². The van der Waals surface area contributed by atoms with Crippen LogP contribution in [0.3, 0.4) is 0 Å². The maximum absolute atomic E-state index is 12.7. The Morgan fingerprint density at radius 1 is 0.867 bits per heavy atom. The van der Waals surface area contributed by atoms with E-state index in [1.807, 2.05) is 0 Å². The van der Waals surface area contributed by atoms with Crippen LogP contribution in [0.4, 0.5) is 0 Å². The molecule has 0 aliphatic rings. The van der Waals surface area contributed by atoms with Gasteiger partial charge in [-0.05, 0) is 38.1 Å². The molecule has 0 rings (SSSR count). The minimum absolute atomic E-state index is 0.0927. The lowest BCUT2D eigenvalue weighted by Gasteiger charge is -2.26. The number of carbonyl (C=O) groups is 5. The third-order valence-electron chi connectivity index (χ3n) is 4.25. The van der Waals surface area contributed by atoms with Gasteiger partial charge in [0.05, 0.1) is 6.04 Å². The Labute approximate surface area is 175 Å². The molecule has 0 saturated heterocycles. The van der Waals surface area contributed by atoms with E-state index in [9.17, 15) is 24.0 Å². The van der Waals surface area contributed by atoms with Gasteiger partial charge in [0.2, 0.25) is 17.7 Å². The molecule has 0 aliphatic carbocycles. The lowest BCUT2D eigenvalue weighted by molar-refractivity contribution is -0.139. The highest BCUT2D eigenvalue weighted by Crippen LogP contribution is 2.07. The molecule has 12 nitrogen and oxygen atoms in total. The van der Waals surface area contributed by atoms with Gasteiger partial charge in [-0.1, -0.05) is 13.8 Å². The molecule has 0 radical (unpaired) electrons. The van der Waals surface area contributed by atoms with E-state index in [-0.39, 0.29) is 25.2 Å². The van der Waals surface area contributed by atoms with E-state index in [1.54, 1.807) is 13.8 Å². The minimum atomic E-state index is -1.22. The number of rotatable bonds is 15. The van der Waals surface area contributed by atoms with Crippen molar-refractivity contribution in [3.05, 3.63) is 0 Å². The predicted octanol–water partition coefficient (Wildman–Crippen LogP) is -1.87. The summed E-state index contributed by atoms with van der Waals surface area (Å²) in [5.41, 5.74) is 11.1. The lowest BCUT2D eigenvalue weighted by Crippen LogP contribution is -2.57. The van der Waals surface area contributed by atoms with Crippen LogP contribution in [0.2, 0.25) is 0 Å². The van der Waals surface area contributed by atoms with Crippen molar-refractivity contribution in [3.63, 3.8) is 0 Å². The Hall–Kier alpha value is -2.73. The highest BCUT2D eigenvalue weighted by molar-refractivity contribution is 5.93. The molecule has 0 aromatic rings. The molecule has 0 aromatic heterocycles. The monoisotopic (exact) mass is 431 g/mol. The van der Waals surface area contributed by atoms with Gasteiger partial charge in [0.1, 0.15) is 18.6 Å². The number of carbonyl (C=O) groups excluding carboxylic acids is 3. The first kappa shape index (κ1) is 27.3. The maximum Gasteiger partial charge on any atom is 0.322 e. The normalized spacial score (nSPS) is 13.8. The first-order valence-electron chi connectivity index (χ1n) is 9.77. The molecule has 172 valence electrons. The van der Waals surface area contributed by atoms with E-state index in [0.29, 0.717) is 19.4 Å². The summed E-state index contributed by atoms with van der Waals surface area (Å²) in [6, 6.07) is -3.12. The van der Waals surface area contributed by atoms with Crippen LogP contribution in [0.15, 0.2) is 0 Å². The van der Waals surface area contributed by atoms with Gasteiger partial charge in [0.25, 0.3) is 0 Å². The summed E-state index contributed by atoms with van der Waals surface area (Å²) < 4.78 is 0. The first-order valence-corrected chi connectivity index (χ1v) is 9.77. The van der Waals surface area contributed by atoms with Crippen LogP contribution in [0.1, 0.15) is 46.0 Å². The summed E-state index contributed by atoms with van der Waals surface area (Å²) in [6.45, 7) is 3.16. The summed E-state index contributed by atoms with van der Waals surface area (Å²) in [5.74, 6) is -4.63. The third kappa shape index (κ3) is 11.3. The summed E-state index contributed by atoms with van der Waals surface area (Å²) in [5, 5.41) is 24.6. The Balaban J connectivity index is 5.15. The van der Waals surface area contributed by atoms with Gasteiger partial charge < -0.3 is 37.6 Å². The van der Waals surface area contributed by atoms with Crippen molar-refractivity contribution in [1.29, 1.82) is 0 Å². The second-order valence-electron chi connectivity index (χ2n) is 7.23. The summed E-state index contributed by atoms with van der Waals surface area (Å²) in [4.78, 5) is 58.5. The van der Waals surface area contributed by atoms with E-state index in [0.717, 1.165) is 0 Å². The molecule has 0 saturated carbocycles. The fraction of sp³-hybridized carbons (Fsp3) is 0.722. The van der Waals surface area contributed by atoms with Crippen LogP contribution in [-0.4, -0.2) is 71.1 Å². The molecule has 3 atom stereocenters. The molecule has 0 fully saturated rings. The molecule has 0 heterocycles. The highest BCUT2D eigenvalue weighted by atomic mass is 16.4. The summed E-state index contributed by atoms with van der Waals surface area (Å²) >= 11 is 0. The number of hydrogen-bond acceptors (Lipinski definition) is 7. The Kier molecular flexibility index (Phi) is 13.0. The van der Waals surface area contributed by atoms with E-state index >= 15 is 0 Å². The van der Waals surface area contributed by atoms with Crippen molar-refractivity contribution in [2.75, 3.05) is 13.1 Å².